The summed E-state index contributed by atoms with van der Waals surface area (Å²) in [5, 5.41) is 1.13. The number of hydrogen-bond donors (Lipinski definition) is 0. The predicted octanol–water partition coefficient (Wildman–Crippen LogP) is 3.60. The first kappa shape index (κ1) is 11.6. The normalized spacial score (nSPS) is 29.9. The molecule has 2 aliphatic rings. The number of hydrogen-bond acceptors (Lipinski definition) is 0. The van der Waals surface area contributed by atoms with Gasteiger partial charge in [-0.05, 0) is 26.7 Å². The van der Waals surface area contributed by atoms with E-state index in [2.05, 4.69) is 40.6 Å². The molecule has 0 aromatic heterocycles. The van der Waals surface area contributed by atoms with Gasteiger partial charge >= 0.3 is 0 Å². The SMILES string of the molecule is CC(C)[N+]1=CC2(CCCCC2)CC1CBr. The zero-order valence-corrected chi connectivity index (χ0v) is 11.6. The van der Waals surface area contributed by atoms with Crippen molar-refractivity contribution in [3.05, 3.63) is 0 Å². The molecule has 0 aromatic carbocycles. The summed E-state index contributed by atoms with van der Waals surface area (Å²) < 4.78 is 2.60. The number of halogens is 1. The Morgan fingerprint density at radius 1 is 1.33 bits per heavy atom. The molecular formula is C13H23BrN+. The Labute approximate surface area is 102 Å². The van der Waals surface area contributed by atoms with E-state index in [0.29, 0.717) is 11.5 Å². The molecule has 1 saturated carbocycles. The smallest absolute Gasteiger partial charge is 0.163 e. The van der Waals surface area contributed by atoms with Crippen molar-refractivity contribution in [2.45, 2.75) is 64.5 Å². The zero-order chi connectivity index (χ0) is 10.9. The monoisotopic (exact) mass is 272 g/mol. The minimum Gasteiger partial charge on any atom is -0.233 e. The number of alkyl halides is 1. The van der Waals surface area contributed by atoms with Gasteiger partial charge < -0.3 is 0 Å². The second-order valence-corrected chi connectivity index (χ2v) is 6.25. The van der Waals surface area contributed by atoms with Gasteiger partial charge in [0.1, 0.15) is 12.3 Å². The molecule has 2 rings (SSSR count). The fourth-order valence-electron chi connectivity index (χ4n) is 3.34. The second-order valence-electron chi connectivity index (χ2n) is 5.61. The molecule has 0 aromatic rings. The first-order valence-corrected chi connectivity index (χ1v) is 7.48. The summed E-state index contributed by atoms with van der Waals surface area (Å²) in [5.74, 6) is 0. The highest BCUT2D eigenvalue weighted by Crippen LogP contribution is 2.42. The van der Waals surface area contributed by atoms with Crippen molar-refractivity contribution in [1.82, 2.24) is 0 Å². The summed E-state index contributed by atoms with van der Waals surface area (Å²) >= 11 is 3.67. The Kier molecular flexibility index (Phi) is 3.54. The van der Waals surface area contributed by atoms with E-state index in [1.807, 2.05) is 0 Å². The molecule has 1 unspecified atom stereocenters. The number of nitrogens with zero attached hydrogens (tertiary/aromatic N) is 1. The van der Waals surface area contributed by atoms with Crippen LogP contribution in [0.5, 0.6) is 0 Å². The average molecular weight is 273 g/mol. The predicted molar refractivity (Wildman–Crippen MR) is 69.2 cm³/mol. The van der Waals surface area contributed by atoms with Gasteiger partial charge in [0.15, 0.2) is 6.04 Å². The zero-order valence-electron chi connectivity index (χ0n) is 10.0. The summed E-state index contributed by atoms with van der Waals surface area (Å²) in [5.41, 5.74) is 0.570. The minimum absolute atomic E-state index is 0.570. The molecular weight excluding hydrogens is 250 g/mol. The van der Waals surface area contributed by atoms with Crippen LogP contribution in [0.15, 0.2) is 0 Å². The Morgan fingerprint density at radius 2 is 2.00 bits per heavy atom. The van der Waals surface area contributed by atoms with E-state index < -0.39 is 0 Å². The van der Waals surface area contributed by atoms with Crippen LogP contribution in [-0.2, 0) is 0 Å². The summed E-state index contributed by atoms with van der Waals surface area (Å²) in [7, 11) is 0. The van der Waals surface area contributed by atoms with Gasteiger partial charge in [-0.1, -0.05) is 35.2 Å². The molecule has 0 bridgehead atoms. The van der Waals surface area contributed by atoms with Crippen molar-refractivity contribution in [2.24, 2.45) is 5.41 Å². The van der Waals surface area contributed by atoms with E-state index in [0.717, 1.165) is 11.4 Å². The molecule has 1 fully saturated rings. The molecule has 15 heavy (non-hydrogen) atoms. The second kappa shape index (κ2) is 4.57. The average Bonchev–Trinajstić information content (AvgIpc) is 2.58. The van der Waals surface area contributed by atoms with Gasteiger partial charge in [0, 0.05) is 6.42 Å². The molecule has 0 saturated heterocycles. The molecule has 1 aliphatic carbocycles. The lowest BCUT2D eigenvalue weighted by Gasteiger charge is -2.27. The lowest BCUT2D eigenvalue weighted by molar-refractivity contribution is -0.578. The molecule has 0 amide bonds. The van der Waals surface area contributed by atoms with Crippen LogP contribution in [0, 0.1) is 5.41 Å². The Bertz CT molecular complexity index is 251. The van der Waals surface area contributed by atoms with Gasteiger partial charge in [0.2, 0.25) is 0 Å². The Morgan fingerprint density at radius 3 is 2.47 bits per heavy atom. The highest BCUT2D eigenvalue weighted by atomic mass is 79.9. The van der Waals surface area contributed by atoms with Crippen molar-refractivity contribution in [3.8, 4) is 0 Å². The first-order chi connectivity index (χ1) is 7.17. The maximum atomic E-state index is 3.67. The highest BCUT2D eigenvalue weighted by molar-refractivity contribution is 9.09. The third-order valence-electron chi connectivity index (χ3n) is 4.11. The quantitative estimate of drug-likeness (QED) is 0.534. The topological polar surface area (TPSA) is 3.01 Å². The molecule has 1 aliphatic heterocycles. The van der Waals surface area contributed by atoms with Crippen LogP contribution in [-0.4, -0.2) is 28.2 Å². The molecule has 0 N–H and O–H groups in total. The summed E-state index contributed by atoms with van der Waals surface area (Å²) in [6, 6.07) is 1.40. The van der Waals surface area contributed by atoms with Crippen LogP contribution in [0.25, 0.3) is 0 Å². The minimum atomic E-state index is 0.570. The Hall–Kier alpha value is 0.150. The van der Waals surface area contributed by atoms with Gasteiger partial charge in [0.25, 0.3) is 0 Å². The first-order valence-electron chi connectivity index (χ1n) is 6.36. The third-order valence-corrected chi connectivity index (χ3v) is 4.86. The van der Waals surface area contributed by atoms with Gasteiger partial charge in [-0.3, -0.25) is 0 Å². The van der Waals surface area contributed by atoms with E-state index in [-0.39, 0.29) is 0 Å². The van der Waals surface area contributed by atoms with Crippen molar-refractivity contribution < 1.29 is 4.58 Å². The van der Waals surface area contributed by atoms with Crippen LogP contribution in [0.4, 0.5) is 0 Å². The van der Waals surface area contributed by atoms with E-state index in [1.54, 1.807) is 0 Å². The lowest BCUT2D eigenvalue weighted by Crippen LogP contribution is -2.29. The summed E-state index contributed by atoms with van der Waals surface area (Å²) in [4.78, 5) is 0. The van der Waals surface area contributed by atoms with Crippen LogP contribution in [0.3, 0.4) is 0 Å². The van der Waals surface area contributed by atoms with Gasteiger partial charge in [-0.15, -0.1) is 0 Å². The van der Waals surface area contributed by atoms with Gasteiger partial charge in [-0.2, -0.15) is 0 Å². The number of rotatable bonds is 2. The van der Waals surface area contributed by atoms with Crippen LogP contribution in [0.2, 0.25) is 0 Å². The van der Waals surface area contributed by atoms with E-state index in [4.69, 9.17) is 0 Å². The van der Waals surface area contributed by atoms with E-state index in [1.165, 1.54) is 38.5 Å². The standard InChI is InChI=1S/C13H23BrN/c1-11(2)15-10-13(8-12(15)9-14)6-4-3-5-7-13/h10-12H,3-9H2,1-2H3/q+1. The maximum Gasteiger partial charge on any atom is 0.163 e. The third kappa shape index (κ3) is 2.30. The molecule has 0 radical (unpaired) electrons. The summed E-state index contributed by atoms with van der Waals surface area (Å²) in [6.45, 7) is 4.63. The molecule has 1 heterocycles. The van der Waals surface area contributed by atoms with Crippen molar-refractivity contribution >= 4 is 22.1 Å². The fraction of sp³-hybridized carbons (Fsp3) is 0.923. The van der Waals surface area contributed by atoms with E-state index in [9.17, 15) is 0 Å². The van der Waals surface area contributed by atoms with E-state index >= 15 is 0 Å². The fourth-order valence-corrected chi connectivity index (χ4v) is 3.91. The van der Waals surface area contributed by atoms with Crippen LogP contribution >= 0.6 is 15.9 Å². The van der Waals surface area contributed by atoms with Gasteiger partial charge in [0.05, 0.1) is 10.7 Å². The lowest BCUT2D eigenvalue weighted by atomic mass is 9.73. The molecule has 1 atom stereocenters. The van der Waals surface area contributed by atoms with Crippen molar-refractivity contribution in [1.29, 1.82) is 0 Å². The molecule has 86 valence electrons. The largest absolute Gasteiger partial charge is 0.233 e. The summed E-state index contributed by atoms with van der Waals surface area (Å²) in [6.07, 6.45) is 11.2. The highest BCUT2D eigenvalue weighted by Gasteiger charge is 2.45. The van der Waals surface area contributed by atoms with Crippen LogP contribution in [0.1, 0.15) is 52.4 Å². The maximum absolute atomic E-state index is 3.67. The van der Waals surface area contributed by atoms with Gasteiger partial charge in [-0.25, -0.2) is 4.58 Å². The van der Waals surface area contributed by atoms with Crippen LogP contribution < -0.4 is 0 Å². The molecule has 1 nitrogen and oxygen atoms in total. The van der Waals surface area contributed by atoms with Crippen molar-refractivity contribution in [3.63, 3.8) is 0 Å². The Balaban J connectivity index is 2.16. The molecule has 1 spiro atoms. The van der Waals surface area contributed by atoms with Crippen molar-refractivity contribution in [2.75, 3.05) is 5.33 Å². The molecule has 2 heteroatoms.